The van der Waals surface area contributed by atoms with Gasteiger partial charge in [-0.15, -0.1) is 0 Å². The van der Waals surface area contributed by atoms with E-state index < -0.39 is 11.5 Å². The molecule has 1 aromatic heterocycles. The number of nitrogens with one attached hydrogen (secondary N) is 1. The molecule has 1 heterocycles. The lowest BCUT2D eigenvalue weighted by molar-refractivity contribution is -0.116. The summed E-state index contributed by atoms with van der Waals surface area (Å²) in [5, 5.41) is 11.8. The van der Waals surface area contributed by atoms with Crippen molar-refractivity contribution in [3.05, 3.63) is 63.1 Å². The van der Waals surface area contributed by atoms with E-state index in [1.165, 1.54) is 12.1 Å². The maximum Gasteiger partial charge on any atom is 0.341 e. The summed E-state index contributed by atoms with van der Waals surface area (Å²) in [5.74, 6) is -1.69. The van der Waals surface area contributed by atoms with Crippen molar-refractivity contribution in [3.63, 3.8) is 0 Å². The SMILES string of the molecule is Cc1cccc(NC(=O)Cn2c(C)ccc(C(=O)O)c2=O)c1C. The predicted octanol–water partition coefficient (Wildman–Crippen LogP) is 2.11. The van der Waals surface area contributed by atoms with E-state index in [0.29, 0.717) is 11.4 Å². The van der Waals surface area contributed by atoms with E-state index in [2.05, 4.69) is 5.32 Å². The third-order valence-electron chi connectivity index (χ3n) is 3.80. The quantitative estimate of drug-likeness (QED) is 0.904. The van der Waals surface area contributed by atoms with Gasteiger partial charge in [0.25, 0.3) is 5.56 Å². The molecule has 0 aliphatic heterocycles. The Morgan fingerprint density at radius 2 is 1.83 bits per heavy atom. The highest BCUT2D eigenvalue weighted by atomic mass is 16.4. The van der Waals surface area contributed by atoms with Crippen LogP contribution in [0.1, 0.15) is 27.2 Å². The van der Waals surface area contributed by atoms with Gasteiger partial charge in [0, 0.05) is 11.4 Å². The van der Waals surface area contributed by atoms with Crippen molar-refractivity contribution >= 4 is 17.6 Å². The molecular weight excluding hydrogens is 296 g/mol. The van der Waals surface area contributed by atoms with Crippen LogP contribution in [0.3, 0.4) is 0 Å². The highest BCUT2D eigenvalue weighted by Gasteiger charge is 2.15. The molecule has 2 N–H and O–H groups in total. The summed E-state index contributed by atoms with van der Waals surface area (Å²) in [6, 6.07) is 8.31. The molecule has 23 heavy (non-hydrogen) atoms. The van der Waals surface area contributed by atoms with Crippen molar-refractivity contribution in [2.75, 3.05) is 5.32 Å². The Hall–Kier alpha value is -2.89. The standard InChI is InChI=1S/C17H18N2O4/c1-10-5-4-6-14(12(10)3)18-15(20)9-19-11(2)7-8-13(16(19)21)17(22)23/h4-8H,9H2,1-3H3,(H,18,20)(H,22,23). The molecule has 120 valence electrons. The first kappa shape index (κ1) is 16.5. The van der Waals surface area contributed by atoms with Gasteiger partial charge in [-0.25, -0.2) is 4.79 Å². The first-order valence-electron chi connectivity index (χ1n) is 7.11. The van der Waals surface area contributed by atoms with Crippen LogP contribution in [0.2, 0.25) is 0 Å². The van der Waals surface area contributed by atoms with Crippen LogP contribution in [-0.2, 0) is 11.3 Å². The highest BCUT2D eigenvalue weighted by molar-refractivity contribution is 5.92. The van der Waals surface area contributed by atoms with Crippen molar-refractivity contribution in [2.24, 2.45) is 0 Å². The number of nitrogens with zero attached hydrogens (tertiary/aromatic N) is 1. The van der Waals surface area contributed by atoms with E-state index in [-0.39, 0.29) is 18.0 Å². The van der Waals surface area contributed by atoms with Crippen LogP contribution in [0.5, 0.6) is 0 Å². The molecule has 2 rings (SSSR count). The largest absolute Gasteiger partial charge is 0.477 e. The van der Waals surface area contributed by atoms with Crippen molar-refractivity contribution in [3.8, 4) is 0 Å². The summed E-state index contributed by atoms with van der Waals surface area (Å²) >= 11 is 0. The van der Waals surface area contributed by atoms with E-state index in [1.54, 1.807) is 13.0 Å². The van der Waals surface area contributed by atoms with Gasteiger partial charge in [-0.05, 0) is 50.1 Å². The van der Waals surface area contributed by atoms with E-state index in [9.17, 15) is 14.4 Å². The molecule has 0 aliphatic rings. The van der Waals surface area contributed by atoms with Gasteiger partial charge in [-0.2, -0.15) is 0 Å². The smallest absolute Gasteiger partial charge is 0.341 e. The molecule has 1 amide bonds. The number of pyridine rings is 1. The zero-order chi connectivity index (χ0) is 17.1. The minimum Gasteiger partial charge on any atom is -0.477 e. The maximum atomic E-state index is 12.2. The average molecular weight is 314 g/mol. The van der Waals surface area contributed by atoms with Crippen LogP contribution in [0.15, 0.2) is 35.1 Å². The lowest BCUT2D eigenvalue weighted by Gasteiger charge is -2.13. The normalized spacial score (nSPS) is 10.4. The zero-order valence-corrected chi connectivity index (χ0v) is 13.2. The molecule has 0 fully saturated rings. The van der Waals surface area contributed by atoms with E-state index in [1.807, 2.05) is 26.0 Å². The van der Waals surface area contributed by atoms with Crippen molar-refractivity contribution in [1.82, 2.24) is 4.57 Å². The second-order valence-electron chi connectivity index (χ2n) is 5.38. The number of anilines is 1. The van der Waals surface area contributed by atoms with Gasteiger partial charge in [-0.1, -0.05) is 12.1 Å². The molecule has 0 saturated carbocycles. The topological polar surface area (TPSA) is 88.4 Å². The van der Waals surface area contributed by atoms with Crippen LogP contribution in [0.25, 0.3) is 0 Å². The van der Waals surface area contributed by atoms with Crippen LogP contribution in [0, 0.1) is 20.8 Å². The van der Waals surface area contributed by atoms with E-state index >= 15 is 0 Å². The molecule has 0 unspecified atom stereocenters. The number of hydrogen-bond acceptors (Lipinski definition) is 3. The monoisotopic (exact) mass is 314 g/mol. The van der Waals surface area contributed by atoms with Gasteiger partial charge in [0.1, 0.15) is 12.1 Å². The molecule has 0 saturated heterocycles. The van der Waals surface area contributed by atoms with Crippen LogP contribution in [-0.4, -0.2) is 21.6 Å². The minimum atomic E-state index is -1.31. The number of aryl methyl sites for hydroxylation is 2. The van der Waals surface area contributed by atoms with Gasteiger partial charge in [0.05, 0.1) is 0 Å². The Kier molecular flexibility index (Phi) is 4.64. The Labute approximate surface area is 133 Å². The van der Waals surface area contributed by atoms with Gasteiger partial charge in [0.15, 0.2) is 0 Å². The van der Waals surface area contributed by atoms with Gasteiger partial charge in [-0.3, -0.25) is 9.59 Å². The second-order valence-corrected chi connectivity index (χ2v) is 5.38. The third kappa shape index (κ3) is 3.48. The van der Waals surface area contributed by atoms with Gasteiger partial charge >= 0.3 is 5.97 Å². The van der Waals surface area contributed by atoms with Crippen molar-refractivity contribution < 1.29 is 14.7 Å². The number of benzene rings is 1. The van der Waals surface area contributed by atoms with E-state index in [4.69, 9.17) is 5.11 Å². The number of rotatable bonds is 4. The Bertz CT molecular complexity index is 837. The number of carboxylic acid groups (broad SMARTS) is 1. The zero-order valence-electron chi connectivity index (χ0n) is 13.2. The molecule has 0 bridgehead atoms. The average Bonchev–Trinajstić information content (AvgIpc) is 2.48. The highest BCUT2D eigenvalue weighted by Crippen LogP contribution is 2.17. The summed E-state index contributed by atoms with van der Waals surface area (Å²) in [7, 11) is 0. The molecule has 1 aromatic carbocycles. The van der Waals surface area contributed by atoms with Crippen LogP contribution < -0.4 is 10.9 Å². The molecule has 0 atom stereocenters. The lowest BCUT2D eigenvalue weighted by Crippen LogP contribution is -2.32. The molecule has 6 nitrogen and oxygen atoms in total. The van der Waals surface area contributed by atoms with Crippen molar-refractivity contribution in [1.29, 1.82) is 0 Å². The molecule has 2 aromatic rings. The van der Waals surface area contributed by atoms with Gasteiger partial charge < -0.3 is 15.0 Å². The van der Waals surface area contributed by atoms with E-state index in [0.717, 1.165) is 15.7 Å². The molecular formula is C17H18N2O4. The number of carbonyl (C=O) groups is 2. The molecule has 0 spiro atoms. The number of amides is 1. The molecule has 0 radical (unpaired) electrons. The number of carbonyl (C=O) groups excluding carboxylic acids is 1. The summed E-state index contributed by atoms with van der Waals surface area (Å²) in [4.78, 5) is 35.4. The summed E-state index contributed by atoms with van der Waals surface area (Å²) in [6.45, 7) is 5.25. The van der Waals surface area contributed by atoms with Gasteiger partial charge in [0.2, 0.25) is 5.91 Å². The fraction of sp³-hybridized carbons (Fsp3) is 0.235. The Balaban J connectivity index is 2.27. The first-order valence-corrected chi connectivity index (χ1v) is 7.11. The van der Waals surface area contributed by atoms with Crippen LogP contribution >= 0.6 is 0 Å². The van der Waals surface area contributed by atoms with Crippen LogP contribution in [0.4, 0.5) is 5.69 Å². The minimum absolute atomic E-state index is 0.237. The summed E-state index contributed by atoms with van der Waals surface area (Å²) < 4.78 is 1.16. The molecule has 0 aliphatic carbocycles. The summed E-state index contributed by atoms with van der Waals surface area (Å²) in [6.07, 6.45) is 0. The first-order chi connectivity index (χ1) is 10.8. The Morgan fingerprint density at radius 3 is 2.48 bits per heavy atom. The lowest BCUT2D eigenvalue weighted by atomic mass is 10.1. The fourth-order valence-corrected chi connectivity index (χ4v) is 2.25. The fourth-order valence-electron chi connectivity index (χ4n) is 2.25. The van der Waals surface area contributed by atoms with Crippen molar-refractivity contribution in [2.45, 2.75) is 27.3 Å². The number of carboxylic acids is 1. The third-order valence-corrected chi connectivity index (χ3v) is 3.80. The summed E-state index contributed by atoms with van der Waals surface area (Å²) in [5.41, 5.74) is 2.16. The maximum absolute atomic E-state index is 12.2. The number of hydrogen-bond donors (Lipinski definition) is 2. The molecule has 6 heteroatoms. The number of aromatic carboxylic acids is 1. The number of aromatic nitrogens is 1. The predicted molar refractivity (Wildman–Crippen MR) is 86.9 cm³/mol. The second kappa shape index (κ2) is 6.48. The Morgan fingerprint density at radius 1 is 1.13 bits per heavy atom.